The Labute approximate surface area is 224 Å². The molecule has 1 aromatic rings. The Morgan fingerprint density at radius 1 is 0.921 bits per heavy atom. The van der Waals surface area contributed by atoms with Gasteiger partial charge in [0.2, 0.25) is 0 Å². The fourth-order valence-corrected chi connectivity index (χ4v) is 4.44. The first-order chi connectivity index (χ1) is 17.8. The van der Waals surface area contributed by atoms with E-state index in [4.69, 9.17) is 28.4 Å². The molecule has 0 spiro atoms. The first-order valence-corrected chi connectivity index (χ1v) is 13.1. The molecule has 0 saturated carbocycles. The summed E-state index contributed by atoms with van der Waals surface area (Å²) in [5, 5.41) is 0. The molecule has 1 aromatic carbocycles. The Morgan fingerprint density at radius 2 is 1.53 bits per heavy atom. The summed E-state index contributed by atoms with van der Waals surface area (Å²) in [4.78, 5) is 40.6. The first kappa shape index (κ1) is 29.5. The highest BCUT2D eigenvalue weighted by Crippen LogP contribution is 2.31. The number of rotatable bonds is 6. The van der Waals surface area contributed by atoms with Gasteiger partial charge >= 0.3 is 18.2 Å². The molecule has 0 aliphatic carbocycles. The highest BCUT2D eigenvalue weighted by Gasteiger charge is 2.50. The number of benzene rings is 1. The Morgan fingerprint density at radius 3 is 2.08 bits per heavy atom. The van der Waals surface area contributed by atoms with Crippen LogP contribution in [-0.2, 0) is 34.9 Å². The van der Waals surface area contributed by atoms with Gasteiger partial charge in [-0.25, -0.2) is 9.59 Å². The largest absolute Gasteiger partial charge is 0.509 e. The van der Waals surface area contributed by atoms with Gasteiger partial charge in [-0.15, -0.1) is 0 Å². The van der Waals surface area contributed by atoms with Crippen molar-refractivity contribution in [3.63, 3.8) is 0 Å². The molecule has 0 unspecified atom stereocenters. The maximum atomic E-state index is 13.3. The van der Waals surface area contributed by atoms with Crippen molar-refractivity contribution in [2.75, 3.05) is 26.9 Å². The number of methoxy groups -OCH3 is 1. The zero-order valence-electron chi connectivity index (χ0n) is 23.5. The van der Waals surface area contributed by atoms with Gasteiger partial charge in [-0.1, -0.05) is 12.1 Å². The number of carbonyl (C=O) groups excluding carboxylic acids is 3. The van der Waals surface area contributed by atoms with Gasteiger partial charge in [-0.05, 0) is 78.5 Å². The Hall–Kier alpha value is -3.01. The lowest BCUT2D eigenvalue weighted by atomic mass is 9.98. The molecule has 0 N–H and O–H groups in total. The fourth-order valence-electron chi connectivity index (χ4n) is 4.44. The molecule has 2 fully saturated rings. The number of ether oxygens (including phenoxy) is 6. The van der Waals surface area contributed by atoms with Crippen LogP contribution in [0.25, 0.3) is 0 Å². The minimum absolute atomic E-state index is 0.0132. The van der Waals surface area contributed by atoms with Crippen molar-refractivity contribution in [1.82, 2.24) is 4.90 Å². The molecule has 3 rings (SSSR count). The molecule has 0 radical (unpaired) electrons. The topological polar surface area (TPSA) is 110 Å². The third-order valence-electron chi connectivity index (χ3n) is 6.20. The van der Waals surface area contributed by atoms with Crippen LogP contribution in [0.2, 0.25) is 0 Å². The van der Waals surface area contributed by atoms with E-state index in [1.165, 1.54) is 4.90 Å². The van der Waals surface area contributed by atoms with Gasteiger partial charge < -0.3 is 28.4 Å². The van der Waals surface area contributed by atoms with Crippen LogP contribution in [0.4, 0.5) is 9.59 Å². The van der Waals surface area contributed by atoms with E-state index in [0.717, 1.165) is 5.56 Å². The maximum absolute atomic E-state index is 13.3. The van der Waals surface area contributed by atoms with Crippen molar-refractivity contribution in [1.29, 1.82) is 0 Å². The Kier molecular flexibility index (Phi) is 9.51. The molecule has 10 heteroatoms. The number of carbonyl (C=O) groups is 3. The molecule has 2 aliphatic rings. The molecule has 38 heavy (non-hydrogen) atoms. The van der Waals surface area contributed by atoms with Crippen LogP contribution in [0.3, 0.4) is 0 Å². The van der Waals surface area contributed by atoms with Gasteiger partial charge in [-0.3, -0.25) is 9.69 Å². The lowest BCUT2D eigenvalue weighted by Crippen LogP contribution is -2.46. The number of hydrogen-bond acceptors (Lipinski definition) is 9. The van der Waals surface area contributed by atoms with Crippen molar-refractivity contribution in [3.8, 4) is 5.75 Å². The third-order valence-corrected chi connectivity index (χ3v) is 6.20. The second-order valence-electron chi connectivity index (χ2n) is 11.7. The van der Waals surface area contributed by atoms with Crippen molar-refractivity contribution < 1.29 is 42.8 Å². The van der Waals surface area contributed by atoms with Crippen LogP contribution < -0.4 is 4.74 Å². The highest BCUT2D eigenvalue weighted by molar-refractivity contribution is 5.74. The predicted molar refractivity (Wildman–Crippen MR) is 138 cm³/mol. The van der Waals surface area contributed by atoms with Crippen molar-refractivity contribution >= 4 is 18.2 Å². The summed E-state index contributed by atoms with van der Waals surface area (Å²) >= 11 is 0. The summed E-state index contributed by atoms with van der Waals surface area (Å²) in [5.41, 5.74) is -0.647. The van der Waals surface area contributed by atoms with Gasteiger partial charge in [0.15, 0.2) is 12.2 Å². The first-order valence-electron chi connectivity index (χ1n) is 13.1. The molecule has 2 heterocycles. The van der Waals surface area contributed by atoms with E-state index in [-0.39, 0.29) is 12.5 Å². The molecule has 212 valence electrons. The fraction of sp³-hybridized carbons (Fsp3) is 0.679. The monoisotopic (exact) mass is 535 g/mol. The van der Waals surface area contributed by atoms with Gasteiger partial charge in [0.25, 0.3) is 0 Å². The van der Waals surface area contributed by atoms with Gasteiger partial charge in [0.05, 0.1) is 25.6 Å². The van der Waals surface area contributed by atoms with Crippen LogP contribution in [-0.4, -0.2) is 79.4 Å². The summed E-state index contributed by atoms with van der Waals surface area (Å²) in [6, 6.07) is 6.76. The van der Waals surface area contributed by atoms with E-state index in [2.05, 4.69) is 0 Å². The summed E-state index contributed by atoms with van der Waals surface area (Å²) < 4.78 is 33.4. The van der Waals surface area contributed by atoms with Crippen molar-refractivity contribution in [2.45, 2.75) is 90.3 Å². The number of hydrogen-bond donors (Lipinski definition) is 0. The van der Waals surface area contributed by atoms with Crippen LogP contribution in [0.15, 0.2) is 24.3 Å². The third kappa shape index (κ3) is 8.51. The number of likely N-dealkylation sites (tertiary alicyclic amines) is 1. The normalized spacial score (nSPS) is 22.5. The molecule has 1 amide bonds. The van der Waals surface area contributed by atoms with E-state index >= 15 is 0 Å². The van der Waals surface area contributed by atoms with Gasteiger partial charge in [-0.2, -0.15) is 0 Å². The second kappa shape index (κ2) is 12.2. The smallest absolute Gasteiger partial charge is 0.497 e. The zero-order chi connectivity index (χ0) is 28.1. The molecule has 2 saturated heterocycles. The number of esters is 1. The average molecular weight is 536 g/mol. The molecule has 0 aromatic heterocycles. The molecular formula is C28H41NO9. The van der Waals surface area contributed by atoms with E-state index in [1.807, 2.05) is 24.3 Å². The van der Waals surface area contributed by atoms with Crippen LogP contribution in [0.1, 0.15) is 59.9 Å². The Bertz CT molecular complexity index is 958. The highest BCUT2D eigenvalue weighted by atomic mass is 16.7. The minimum atomic E-state index is -0.940. The summed E-state index contributed by atoms with van der Waals surface area (Å²) in [6.45, 7) is 11.4. The maximum Gasteiger partial charge on any atom is 0.509 e. The molecule has 0 bridgehead atoms. The quantitative estimate of drug-likeness (QED) is 0.384. The second-order valence-corrected chi connectivity index (χ2v) is 11.7. The van der Waals surface area contributed by atoms with Gasteiger partial charge in [0, 0.05) is 13.2 Å². The SMILES string of the molecule is COc1ccc(C[C@@H]2[C@H](OC(=O)C3CCOCC3)[C@@H](OC(=O)OC(C)(C)C)CN2C(=O)OC(C)(C)C)cc1. The van der Waals surface area contributed by atoms with Crippen LogP contribution in [0, 0.1) is 5.92 Å². The van der Waals surface area contributed by atoms with E-state index in [0.29, 0.717) is 38.2 Å². The van der Waals surface area contributed by atoms with E-state index in [1.54, 1.807) is 48.7 Å². The van der Waals surface area contributed by atoms with Crippen molar-refractivity contribution in [3.05, 3.63) is 29.8 Å². The number of amides is 1. The summed E-state index contributed by atoms with van der Waals surface area (Å²) in [7, 11) is 1.58. The Balaban J connectivity index is 1.92. The summed E-state index contributed by atoms with van der Waals surface area (Å²) in [5.74, 6) is -0.0391. The van der Waals surface area contributed by atoms with Crippen LogP contribution in [0.5, 0.6) is 5.75 Å². The molecule has 10 nitrogen and oxygen atoms in total. The minimum Gasteiger partial charge on any atom is -0.497 e. The predicted octanol–water partition coefficient (Wildman–Crippen LogP) is 4.52. The number of nitrogens with zero attached hydrogens (tertiary/aromatic N) is 1. The molecular weight excluding hydrogens is 494 g/mol. The molecule has 2 aliphatic heterocycles. The van der Waals surface area contributed by atoms with E-state index in [9.17, 15) is 14.4 Å². The average Bonchev–Trinajstić information content (AvgIpc) is 3.14. The molecule has 3 atom stereocenters. The lowest BCUT2D eigenvalue weighted by molar-refractivity contribution is -0.163. The van der Waals surface area contributed by atoms with E-state index < -0.39 is 47.7 Å². The standard InChI is InChI=1S/C28H41NO9/c1-27(2,3)37-25(31)29-17-22(35-26(32)38-28(4,5)6)23(36-24(30)19-12-14-34-15-13-19)21(29)16-18-8-10-20(33-7)11-9-18/h8-11,19,21-23H,12-17H2,1-7H3/t21-,22+,23+/m1/s1. The van der Waals surface area contributed by atoms with Crippen LogP contribution >= 0.6 is 0 Å². The van der Waals surface area contributed by atoms with Crippen molar-refractivity contribution in [2.24, 2.45) is 5.92 Å². The summed E-state index contributed by atoms with van der Waals surface area (Å²) in [6.07, 6.45) is -1.92. The van der Waals surface area contributed by atoms with Gasteiger partial charge in [0.1, 0.15) is 17.0 Å². The lowest BCUT2D eigenvalue weighted by Gasteiger charge is -2.31. The zero-order valence-corrected chi connectivity index (χ0v) is 23.5.